The fraction of sp³-hybridized carbons (Fsp3) is 0.115. The Morgan fingerprint density at radius 3 is 0.688 bits per heavy atom. The van der Waals surface area contributed by atoms with Crippen molar-refractivity contribution in [1.29, 1.82) is 0 Å². The van der Waals surface area contributed by atoms with E-state index in [2.05, 4.69) is 155 Å². The van der Waals surface area contributed by atoms with Crippen LogP contribution in [0.5, 0.6) is 0 Å². The second-order valence-corrected chi connectivity index (χ2v) is 27.6. The summed E-state index contributed by atoms with van der Waals surface area (Å²) in [6.07, 6.45) is 12.1. The molecule has 0 bridgehead atoms. The Labute approximate surface area is 709 Å². The third-order valence-electron chi connectivity index (χ3n) is 15.9. The Balaban J connectivity index is 0.000000276. The SMILES string of the molecule is [CH-]=CC(C)(C)C.[CH-]=Cc1cc(C(C)(C)C)cc(C(C)(C)C)c1.[CH-]=Cc1ccccc1.[Ni+3].[Ni+3].[Ni+3].[Ni+3].[c-]1ccccc1.[c-]1ccccc1-c1[c-]c(-c2ccccn2)ccc1.[c-]1ccccc1-c1[c-]c(-c2ccccn2)ccc1.[c-]1ccccc1-c1[c-]c(-c2ccccn2)ccc1.[c-]1ccccc1-c1[c-]c(-c2ccccn2)ccc1. The molecule has 0 unspecified atom stereocenters. The van der Waals surface area contributed by atoms with E-state index in [4.69, 9.17) is 19.7 Å². The monoisotopic (exact) mass is 1630 g/mol. The van der Waals surface area contributed by atoms with Gasteiger partial charge in [0.1, 0.15) is 0 Å². The van der Waals surface area contributed by atoms with Gasteiger partial charge in [0.25, 0.3) is 0 Å². The minimum atomic E-state index is 0. The van der Waals surface area contributed by atoms with E-state index in [0.29, 0.717) is 0 Å². The summed E-state index contributed by atoms with van der Waals surface area (Å²) in [5.41, 5.74) is 21.5. The van der Waals surface area contributed by atoms with Crippen molar-refractivity contribution in [3.05, 3.63) is 449 Å². The van der Waals surface area contributed by atoms with E-state index >= 15 is 0 Å². The Morgan fingerprint density at radius 2 is 0.491 bits per heavy atom. The van der Waals surface area contributed by atoms with Gasteiger partial charge in [-0.05, 0) is 35.1 Å². The summed E-state index contributed by atoms with van der Waals surface area (Å²) in [6, 6.07) is 135. The second-order valence-electron chi connectivity index (χ2n) is 27.6. The van der Waals surface area contributed by atoms with E-state index in [1.54, 1.807) is 43.0 Å². The first kappa shape index (κ1) is 93.6. The van der Waals surface area contributed by atoms with Crippen molar-refractivity contribution >= 4 is 12.2 Å². The molecule has 0 amide bonds. The zero-order valence-corrected chi connectivity index (χ0v) is 68.4. The van der Waals surface area contributed by atoms with E-state index in [1.165, 1.54) is 11.1 Å². The topological polar surface area (TPSA) is 51.6 Å². The molecule has 0 atom stereocenters. The summed E-state index contributed by atoms with van der Waals surface area (Å²) in [5.74, 6) is 0. The molecular formula is C104H90N4Ni4. The Hall–Kier alpha value is -10.8. The van der Waals surface area contributed by atoms with E-state index < -0.39 is 0 Å². The number of rotatable bonds is 10. The molecule has 11 aromatic carbocycles. The van der Waals surface area contributed by atoms with Crippen molar-refractivity contribution in [3.8, 4) is 89.5 Å². The van der Waals surface area contributed by atoms with Crippen LogP contribution in [0.4, 0.5) is 0 Å². The van der Waals surface area contributed by atoms with Crippen LogP contribution < -0.4 is 0 Å². The summed E-state index contributed by atoms with van der Waals surface area (Å²) < 4.78 is 0. The van der Waals surface area contributed by atoms with Crippen LogP contribution >= 0.6 is 0 Å². The smallest absolute Gasteiger partial charge is 0.517 e. The molecule has 15 rings (SSSR count). The standard InChI is InChI=1S/4C17H11N.C16H23.C8H7.C6H5.C6H11.4Ni/c4*1-2-7-14(8-3-1)15-9-6-10-16(13-15)17-11-4-5-12-18-17;1-8-12-9-13(15(2,3)4)11-14(10-12)16(5,6)7;1-2-8-6-4-3-5-7-8;1-2-4-6-5-3-1;1-5-6(2,3)4;;;;/h4*1-7,9-12H;1,8-11H,2-7H3;1-7H;1-5H;1,5H,2-4H3;;;;/q4*-2;4*-1;4*+3. The summed E-state index contributed by atoms with van der Waals surface area (Å²) in [4.78, 5) is 17.4. The summed E-state index contributed by atoms with van der Waals surface area (Å²) in [7, 11) is 0. The zero-order valence-electron chi connectivity index (χ0n) is 64.4. The van der Waals surface area contributed by atoms with Crippen LogP contribution in [-0.2, 0) is 76.8 Å². The third kappa shape index (κ3) is 33.0. The largest absolute Gasteiger partial charge is 3.00 e. The maximum absolute atomic E-state index is 5.65. The van der Waals surface area contributed by atoms with Crippen LogP contribution in [0.25, 0.3) is 102 Å². The van der Waals surface area contributed by atoms with Gasteiger partial charge in [-0.3, -0.25) is 39.2 Å². The quantitative estimate of drug-likeness (QED) is 0.101. The fourth-order valence-corrected chi connectivity index (χ4v) is 9.95. The predicted molar refractivity (Wildman–Crippen MR) is 453 cm³/mol. The Morgan fingerprint density at radius 1 is 0.250 bits per heavy atom. The first-order chi connectivity index (χ1) is 52.4. The molecule has 4 radical (unpaired) electrons. The van der Waals surface area contributed by atoms with Crippen LogP contribution in [0.3, 0.4) is 0 Å². The molecule has 4 aromatic heterocycles. The van der Waals surface area contributed by atoms with E-state index in [1.807, 2.05) is 303 Å². The molecule has 0 aliphatic carbocycles. The molecule has 15 aromatic rings. The minimum Gasteiger partial charge on any atom is -0.517 e. The van der Waals surface area contributed by atoms with Gasteiger partial charge in [0.15, 0.2) is 0 Å². The van der Waals surface area contributed by atoms with Gasteiger partial charge in [-0.25, -0.2) is 34.4 Å². The molecule has 0 spiro atoms. The fourth-order valence-electron chi connectivity index (χ4n) is 9.95. The van der Waals surface area contributed by atoms with Crippen LogP contribution in [-0.4, -0.2) is 19.9 Å². The number of hydrogen-bond acceptors (Lipinski definition) is 4. The summed E-state index contributed by atoms with van der Waals surface area (Å²) in [6.45, 7) is 35.6. The van der Waals surface area contributed by atoms with E-state index in [9.17, 15) is 0 Å². The maximum Gasteiger partial charge on any atom is 3.00 e. The molecule has 0 aliphatic heterocycles. The third-order valence-corrected chi connectivity index (χ3v) is 15.9. The van der Waals surface area contributed by atoms with Crippen molar-refractivity contribution in [2.75, 3.05) is 0 Å². The van der Waals surface area contributed by atoms with Crippen molar-refractivity contribution in [2.45, 2.75) is 73.1 Å². The average Bonchev–Trinajstić information content (AvgIpc) is 0.827. The first-order valence-corrected chi connectivity index (χ1v) is 35.8. The van der Waals surface area contributed by atoms with Crippen LogP contribution in [0.1, 0.15) is 84.6 Å². The molecule has 8 heteroatoms. The molecule has 0 fully saturated rings. The van der Waals surface area contributed by atoms with Crippen molar-refractivity contribution in [1.82, 2.24) is 19.9 Å². The van der Waals surface area contributed by atoms with Crippen LogP contribution in [0.2, 0.25) is 0 Å². The van der Waals surface area contributed by atoms with Crippen molar-refractivity contribution in [3.63, 3.8) is 0 Å². The molecule has 4 heterocycles. The first-order valence-electron chi connectivity index (χ1n) is 35.8. The Bertz CT molecular complexity index is 4290. The molecule has 0 N–H and O–H groups in total. The van der Waals surface area contributed by atoms with E-state index in [0.717, 1.165) is 101 Å². The van der Waals surface area contributed by atoms with Gasteiger partial charge in [0.05, 0.1) is 0 Å². The van der Waals surface area contributed by atoms with Gasteiger partial charge in [0, 0.05) is 47.6 Å². The predicted octanol–water partition coefficient (Wildman–Crippen LogP) is 26.4. The van der Waals surface area contributed by atoms with Crippen LogP contribution in [0.15, 0.2) is 352 Å². The van der Waals surface area contributed by atoms with Gasteiger partial charge in [0.2, 0.25) is 0 Å². The van der Waals surface area contributed by atoms with E-state index in [-0.39, 0.29) is 82.2 Å². The van der Waals surface area contributed by atoms with Gasteiger partial charge < -0.3 is 6.58 Å². The van der Waals surface area contributed by atoms with Gasteiger partial charge >= 0.3 is 66.0 Å². The number of aromatic nitrogens is 4. The van der Waals surface area contributed by atoms with Crippen LogP contribution in [0, 0.1) is 79.7 Å². The second kappa shape index (κ2) is 50.2. The zero-order chi connectivity index (χ0) is 76.7. The molecule has 0 aliphatic rings. The molecule has 566 valence electrons. The molecule has 0 saturated heterocycles. The normalized spacial score (nSPS) is 10.0. The molecule has 4 nitrogen and oxygen atoms in total. The van der Waals surface area contributed by atoms with Gasteiger partial charge in [-0.15, -0.1) is 119 Å². The molecule has 112 heavy (non-hydrogen) atoms. The number of pyridine rings is 4. The average molecular weight is 1630 g/mol. The molecular weight excluding hydrogens is 1540 g/mol. The minimum absolute atomic E-state index is 0. The van der Waals surface area contributed by atoms with Gasteiger partial charge in [-0.1, -0.05) is 152 Å². The number of benzene rings is 11. The molecule has 0 saturated carbocycles. The number of allylic oxidation sites excluding steroid dienone is 1. The Kier molecular flexibility index (Phi) is 41.9. The summed E-state index contributed by atoms with van der Waals surface area (Å²) in [5, 5.41) is 0. The van der Waals surface area contributed by atoms with Crippen molar-refractivity contribution < 1.29 is 66.0 Å². The number of hydrogen-bond donors (Lipinski definition) is 0. The van der Waals surface area contributed by atoms with Crippen molar-refractivity contribution in [2.24, 2.45) is 5.41 Å². The van der Waals surface area contributed by atoms with Gasteiger partial charge in [-0.2, -0.15) is 215 Å². The number of nitrogens with zero attached hydrogens (tertiary/aromatic N) is 4. The maximum atomic E-state index is 5.65. The summed E-state index contributed by atoms with van der Waals surface area (Å²) >= 11 is 0.